The quantitative estimate of drug-likeness (QED) is 0.696. The second-order valence-corrected chi connectivity index (χ2v) is 9.14. The predicted molar refractivity (Wildman–Crippen MR) is 107 cm³/mol. The summed E-state index contributed by atoms with van der Waals surface area (Å²) in [6.45, 7) is 8.69. The third kappa shape index (κ3) is 4.79. The number of carbonyl (C=O) groups is 2. The van der Waals surface area contributed by atoms with Gasteiger partial charge < -0.3 is 16.4 Å². The molecule has 1 heterocycles. The number of primary amides is 1. The molecule has 138 valence electrons. The van der Waals surface area contributed by atoms with Gasteiger partial charge in [0, 0.05) is 11.3 Å². The number of thiophene rings is 1. The zero-order valence-corrected chi connectivity index (χ0v) is 17.0. The van der Waals surface area contributed by atoms with Crippen molar-refractivity contribution >= 4 is 45.5 Å². The molecule has 2 amide bonds. The molecular weight excluding hydrogens is 354 g/mol. The molecule has 1 aromatic heterocycles. The van der Waals surface area contributed by atoms with E-state index in [1.54, 1.807) is 0 Å². The first-order valence-electron chi connectivity index (χ1n) is 8.68. The van der Waals surface area contributed by atoms with Gasteiger partial charge in [0.05, 0.1) is 5.56 Å². The van der Waals surface area contributed by atoms with Gasteiger partial charge in [0.25, 0.3) is 5.91 Å². The zero-order valence-electron chi connectivity index (χ0n) is 15.3. The average Bonchev–Trinajstić information content (AvgIpc) is 2.82. The topological polar surface area (TPSA) is 84.2 Å². The summed E-state index contributed by atoms with van der Waals surface area (Å²) in [7, 11) is 0. The van der Waals surface area contributed by atoms with Crippen LogP contribution in [0.4, 0.5) is 5.00 Å². The minimum atomic E-state index is -0.447. The van der Waals surface area contributed by atoms with Crippen LogP contribution in [-0.4, -0.2) is 16.9 Å². The molecule has 1 aromatic rings. The van der Waals surface area contributed by atoms with Crippen molar-refractivity contribution in [1.29, 1.82) is 0 Å². The third-order valence-corrected chi connectivity index (χ3v) is 6.07. The lowest BCUT2D eigenvalue weighted by Gasteiger charge is -2.33. The second-order valence-electron chi connectivity index (χ2n) is 7.63. The van der Waals surface area contributed by atoms with Gasteiger partial charge in [-0.05, 0) is 54.8 Å². The van der Waals surface area contributed by atoms with Crippen LogP contribution < -0.4 is 16.4 Å². The maximum atomic E-state index is 12.0. The van der Waals surface area contributed by atoms with Crippen molar-refractivity contribution < 1.29 is 9.59 Å². The van der Waals surface area contributed by atoms with Gasteiger partial charge in [0.2, 0.25) is 5.91 Å². The van der Waals surface area contributed by atoms with Crippen molar-refractivity contribution in [1.82, 2.24) is 5.32 Å². The molecule has 4 N–H and O–H groups in total. The average molecular weight is 382 g/mol. The standard InChI is InChI=1S/C18H27N3O2S2/c1-5-6-13(22)20-17(24)21-16-14(15(19)23)11-8-7-10(18(2,3)4)9-12(11)25-16/h10H,5-9H2,1-4H3,(H2,19,23)(H2,20,21,22,24)/t10-/m1/s1. The van der Waals surface area contributed by atoms with E-state index in [4.69, 9.17) is 18.0 Å². The van der Waals surface area contributed by atoms with Gasteiger partial charge in [-0.1, -0.05) is 27.7 Å². The number of hydrogen-bond acceptors (Lipinski definition) is 4. The number of thiocarbonyl (C=S) groups is 1. The van der Waals surface area contributed by atoms with E-state index in [1.807, 2.05) is 6.92 Å². The van der Waals surface area contributed by atoms with Gasteiger partial charge in [-0.25, -0.2) is 0 Å². The Kier molecular flexibility index (Phi) is 6.21. The Labute approximate surface area is 158 Å². The van der Waals surface area contributed by atoms with Crippen molar-refractivity contribution in [2.24, 2.45) is 17.1 Å². The summed E-state index contributed by atoms with van der Waals surface area (Å²) in [5.74, 6) is -0.00457. The van der Waals surface area contributed by atoms with Crippen LogP contribution >= 0.6 is 23.6 Å². The minimum Gasteiger partial charge on any atom is -0.365 e. The third-order valence-electron chi connectivity index (χ3n) is 4.69. The lowest BCUT2D eigenvalue weighted by Crippen LogP contribution is -2.34. The van der Waals surface area contributed by atoms with Crippen molar-refractivity contribution in [2.45, 2.75) is 59.8 Å². The predicted octanol–water partition coefficient (Wildman–Crippen LogP) is 3.61. The van der Waals surface area contributed by atoms with Crippen LogP contribution in [0.15, 0.2) is 0 Å². The van der Waals surface area contributed by atoms with Crippen LogP contribution in [0.3, 0.4) is 0 Å². The fraction of sp³-hybridized carbons (Fsp3) is 0.611. The Morgan fingerprint density at radius 2 is 2.04 bits per heavy atom. The van der Waals surface area contributed by atoms with Crippen LogP contribution in [0, 0.1) is 11.3 Å². The molecule has 0 saturated carbocycles. The van der Waals surface area contributed by atoms with Crippen molar-refractivity contribution in [3.63, 3.8) is 0 Å². The summed E-state index contributed by atoms with van der Waals surface area (Å²) < 4.78 is 0. The first kappa shape index (κ1) is 19.8. The highest BCUT2D eigenvalue weighted by molar-refractivity contribution is 7.80. The van der Waals surface area contributed by atoms with E-state index in [0.29, 0.717) is 22.9 Å². The van der Waals surface area contributed by atoms with Crippen LogP contribution in [0.5, 0.6) is 0 Å². The Morgan fingerprint density at radius 1 is 1.36 bits per heavy atom. The largest absolute Gasteiger partial charge is 0.365 e. The molecule has 2 rings (SSSR count). The molecule has 1 atom stereocenters. The van der Waals surface area contributed by atoms with E-state index >= 15 is 0 Å². The van der Waals surface area contributed by atoms with Crippen LogP contribution in [0.1, 0.15) is 67.8 Å². The Balaban J connectivity index is 2.22. The van der Waals surface area contributed by atoms with Crippen molar-refractivity contribution in [2.75, 3.05) is 5.32 Å². The van der Waals surface area contributed by atoms with E-state index in [1.165, 1.54) is 16.2 Å². The number of anilines is 1. The van der Waals surface area contributed by atoms with Gasteiger partial charge in [0.15, 0.2) is 5.11 Å². The van der Waals surface area contributed by atoms with Crippen LogP contribution in [0.2, 0.25) is 0 Å². The maximum absolute atomic E-state index is 12.0. The molecule has 0 spiro atoms. The molecule has 7 heteroatoms. The minimum absolute atomic E-state index is 0.130. The number of nitrogens with one attached hydrogen (secondary N) is 2. The van der Waals surface area contributed by atoms with E-state index in [0.717, 1.165) is 31.2 Å². The molecule has 0 aliphatic heterocycles. The summed E-state index contributed by atoms with van der Waals surface area (Å²) in [6.07, 6.45) is 4.01. The lowest BCUT2D eigenvalue weighted by molar-refractivity contribution is -0.119. The first-order valence-corrected chi connectivity index (χ1v) is 9.91. The highest BCUT2D eigenvalue weighted by Crippen LogP contribution is 2.44. The first-order chi connectivity index (χ1) is 11.6. The molecule has 0 saturated heterocycles. The fourth-order valence-electron chi connectivity index (χ4n) is 3.22. The second kappa shape index (κ2) is 7.83. The lowest BCUT2D eigenvalue weighted by atomic mass is 9.72. The molecule has 0 aromatic carbocycles. The van der Waals surface area contributed by atoms with Crippen molar-refractivity contribution in [3.8, 4) is 0 Å². The van der Waals surface area contributed by atoms with Gasteiger partial charge >= 0.3 is 0 Å². The molecule has 0 radical (unpaired) electrons. The SMILES string of the molecule is CCCC(=O)NC(=S)Nc1sc2c(c1C(N)=O)CC[C@@H](C(C)(C)C)C2. The van der Waals surface area contributed by atoms with Gasteiger partial charge in [-0.2, -0.15) is 0 Å². The van der Waals surface area contributed by atoms with Crippen LogP contribution in [-0.2, 0) is 17.6 Å². The molecule has 1 aliphatic rings. The van der Waals surface area contributed by atoms with E-state index < -0.39 is 5.91 Å². The molecule has 0 fully saturated rings. The van der Waals surface area contributed by atoms with Crippen molar-refractivity contribution in [3.05, 3.63) is 16.0 Å². The van der Waals surface area contributed by atoms with Gasteiger partial charge in [-0.15, -0.1) is 11.3 Å². The number of nitrogens with two attached hydrogens (primary N) is 1. The van der Waals surface area contributed by atoms with E-state index in [9.17, 15) is 9.59 Å². The molecule has 1 aliphatic carbocycles. The van der Waals surface area contributed by atoms with Crippen LogP contribution in [0.25, 0.3) is 0 Å². The van der Waals surface area contributed by atoms with Gasteiger partial charge in [0.1, 0.15) is 5.00 Å². The molecule has 0 unspecified atom stereocenters. The molecule has 25 heavy (non-hydrogen) atoms. The summed E-state index contributed by atoms with van der Waals surface area (Å²) in [5, 5.41) is 6.52. The summed E-state index contributed by atoms with van der Waals surface area (Å²) in [6, 6.07) is 0. The van der Waals surface area contributed by atoms with E-state index in [-0.39, 0.29) is 16.4 Å². The van der Waals surface area contributed by atoms with E-state index in [2.05, 4.69) is 31.4 Å². The Hall–Kier alpha value is -1.47. The molecular formula is C18H27N3O2S2. The highest BCUT2D eigenvalue weighted by atomic mass is 32.1. The molecule has 0 bridgehead atoms. The smallest absolute Gasteiger partial charge is 0.251 e. The Morgan fingerprint density at radius 3 is 2.60 bits per heavy atom. The zero-order chi connectivity index (χ0) is 18.8. The number of fused-ring (bicyclic) bond motifs is 1. The maximum Gasteiger partial charge on any atom is 0.251 e. The number of hydrogen-bond donors (Lipinski definition) is 3. The summed E-state index contributed by atoms with van der Waals surface area (Å²) in [5.41, 5.74) is 7.42. The normalized spacial score (nSPS) is 16.9. The fourth-order valence-corrected chi connectivity index (χ4v) is 4.84. The van der Waals surface area contributed by atoms with Gasteiger partial charge in [-0.3, -0.25) is 9.59 Å². The summed E-state index contributed by atoms with van der Waals surface area (Å²) in [4.78, 5) is 24.9. The number of amides is 2. The Bertz CT molecular complexity index is 689. The molecule has 5 nitrogen and oxygen atoms in total. The number of carbonyl (C=O) groups excluding carboxylic acids is 2. The monoisotopic (exact) mass is 381 g/mol. The highest BCUT2D eigenvalue weighted by Gasteiger charge is 2.33. The summed E-state index contributed by atoms with van der Waals surface area (Å²) >= 11 is 6.74. The number of rotatable bonds is 4.